The van der Waals surface area contributed by atoms with E-state index in [2.05, 4.69) is 25.1 Å². The first-order chi connectivity index (χ1) is 9.06. The molecule has 100 valence electrons. The van der Waals surface area contributed by atoms with Crippen molar-refractivity contribution in [1.82, 2.24) is 0 Å². The Labute approximate surface area is 113 Å². The summed E-state index contributed by atoms with van der Waals surface area (Å²) in [4.78, 5) is 0. The van der Waals surface area contributed by atoms with Gasteiger partial charge in [-0.3, -0.25) is 0 Å². The van der Waals surface area contributed by atoms with Gasteiger partial charge in [0.25, 0.3) is 0 Å². The number of hydrogen-bond donors (Lipinski definition) is 1. The summed E-state index contributed by atoms with van der Waals surface area (Å²) in [6.07, 6.45) is 0.781. The van der Waals surface area contributed by atoms with Crippen molar-refractivity contribution in [3.05, 3.63) is 70.5 Å². The first-order valence-corrected chi connectivity index (χ1v) is 6.56. The van der Waals surface area contributed by atoms with Crippen LogP contribution in [0, 0.1) is 19.7 Å². The Kier molecular flexibility index (Phi) is 4.33. The van der Waals surface area contributed by atoms with Crippen LogP contribution in [0.2, 0.25) is 0 Å². The summed E-state index contributed by atoms with van der Waals surface area (Å²) in [5.41, 5.74) is 4.04. The fourth-order valence-electron chi connectivity index (χ4n) is 2.30. The van der Waals surface area contributed by atoms with Crippen LogP contribution in [0.15, 0.2) is 42.5 Å². The van der Waals surface area contributed by atoms with E-state index in [0.717, 1.165) is 12.0 Å². The molecule has 1 unspecified atom stereocenters. The minimum absolute atomic E-state index is 0.296. The largest absolute Gasteiger partial charge is 0.388 e. The highest BCUT2D eigenvalue weighted by molar-refractivity contribution is 5.29. The van der Waals surface area contributed by atoms with E-state index in [1.54, 1.807) is 6.07 Å². The summed E-state index contributed by atoms with van der Waals surface area (Å²) in [5, 5.41) is 10.2. The van der Waals surface area contributed by atoms with Crippen LogP contribution in [0.3, 0.4) is 0 Å². The molecule has 0 aliphatic heterocycles. The number of benzene rings is 2. The maximum Gasteiger partial charge on any atom is 0.123 e. The number of aryl methyl sites for hydroxylation is 3. The van der Waals surface area contributed by atoms with E-state index < -0.39 is 6.10 Å². The number of aliphatic hydroxyl groups excluding tert-OH is 1. The fourth-order valence-corrected chi connectivity index (χ4v) is 2.30. The van der Waals surface area contributed by atoms with Gasteiger partial charge in [0, 0.05) is 0 Å². The fraction of sp³-hybridized carbons (Fsp3) is 0.294. The normalized spacial score (nSPS) is 12.4. The summed E-state index contributed by atoms with van der Waals surface area (Å²) in [5.74, 6) is -0.296. The summed E-state index contributed by atoms with van der Waals surface area (Å²) < 4.78 is 13.2. The van der Waals surface area contributed by atoms with Gasteiger partial charge in [-0.05, 0) is 55.5 Å². The monoisotopic (exact) mass is 258 g/mol. The van der Waals surface area contributed by atoms with E-state index >= 15 is 0 Å². The molecule has 2 rings (SSSR count). The minimum atomic E-state index is -0.615. The van der Waals surface area contributed by atoms with Crippen molar-refractivity contribution in [1.29, 1.82) is 0 Å². The molecular formula is C17H19FO. The van der Waals surface area contributed by atoms with Crippen LogP contribution < -0.4 is 0 Å². The standard InChI is InChI=1S/C17H19FO/c1-12-4-3-5-14(10-12)7-9-17(19)16-11-15(18)8-6-13(16)2/h3-6,8,10-11,17,19H,7,9H2,1-2H3. The molecule has 19 heavy (non-hydrogen) atoms. The lowest BCUT2D eigenvalue weighted by Crippen LogP contribution is -2.02. The van der Waals surface area contributed by atoms with Crippen LogP contribution >= 0.6 is 0 Å². The van der Waals surface area contributed by atoms with Crippen molar-refractivity contribution < 1.29 is 9.50 Å². The predicted octanol–water partition coefficient (Wildman–Crippen LogP) is 4.11. The Morgan fingerprint density at radius 2 is 1.89 bits per heavy atom. The molecule has 0 saturated carbocycles. The second-order valence-corrected chi connectivity index (χ2v) is 5.04. The second-order valence-electron chi connectivity index (χ2n) is 5.04. The smallest absolute Gasteiger partial charge is 0.123 e. The molecule has 1 atom stereocenters. The van der Waals surface area contributed by atoms with Crippen LogP contribution in [0.4, 0.5) is 4.39 Å². The highest BCUT2D eigenvalue weighted by Crippen LogP contribution is 2.23. The highest BCUT2D eigenvalue weighted by Gasteiger charge is 2.11. The van der Waals surface area contributed by atoms with Crippen LogP contribution in [-0.2, 0) is 6.42 Å². The maximum absolute atomic E-state index is 13.2. The van der Waals surface area contributed by atoms with Crippen molar-refractivity contribution in [2.24, 2.45) is 0 Å². The zero-order chi connectivity index (χ0) is 13.8. The zero-order valence-corrected chi connectivity index (χ0v) is 11.4. The van der Waals surface area contributed by atoms with Crippen LogP contribution in [-0.4, -0.2) is 5.11 Å². The van der Waals surface area contributed by atoms with E-state index in [1.165, 1.54) is 23.3 Å². The van der Waals surface area contributed by atoms with Gasteiger partial charge >= 0.3 is 0 Å². The van der Waals surface area contributed by atoms with E-state index in [1.807, 2.05) is 13.0 Å². The topological polar surface area (TPSA) is 20.2 Å². The first-order valence-electron chi connectivity index (χ1n) is 6.56. The van der Waals surface area contributed by atoms with E-state index in [9.17, 15) is 9.50 Å². The average molecular weight is 258 g/mol. The molecule has 0 amide bonds. The summed E-state index contributed by atoms with van der Waals surface area (Å²) in [6.45, 7) is 3.95. The molecule has 0 aliphatic rings. The lowest BCUT2D eigenvalue weighted by atomic mass is 9.97. The van der Waals surface area contributed by atoms with Crippen LogP contribution in [0.5, 0.6) is 0 Å². The van der Waals surface area contributed by atoms with Crippen LogP contribution in [0.25, 0.3) is 0 Å². The Hall–Kier alpha value is -1.67. The van der Waals surface area contributed by atoms with Gasteiger partial charge in [0.2, 0.25) is 0 Å². The molecule has 2 aromatic rings. The highest BCUT2D eigenvalue weighted by atomic mass is 19.1. The number of halogens is 1. The van der Waals surface area contributed by atoms with Crippen molar-refractivity contribution in [2.75, 3.05) is 0 Å². The van der Waals surface area contributed by atoms with Gasteiger partial charge < -0.3 is 5.11 Å². The van der Waals surface area contributed by atoms with Crippen molar-refractivity contribution >= 4 is 0 Å². The molecule has 0 aromatic heterocycles. The molecule has 0 bridgehead atoms. The van der Waals surface area contributed by atoms with Gasteiger partial charge in [-0.1, -0.05) is 35.9 Å². The molecular weight excluding hydrogens is 239 g/mol. The SMILES string of the molecule is Cc1cccc(CCC(O)c2cc(F)ccc2C)c1. The molecule has 0 aliphatic carbocycles. The third-order valence-electron chi connectivity index (χ3n) is 3.39. The Morgan fingerprint density at radius 1 is 1.11 bits per heavy atom. The predicted molar refractivity (Wildman–Crippen MR) is 75.6 cm³/mol. The Morgan fingerprint density at radius 3 is 2.63 bits per heavy atom. The summed E-state index contributed by atoms with van der Waals surface area (Å²) >= 11 is 0. The van der Waals surface area contributed by atoms with E-state index in [-0.39, 0.29) is 5.82 Å². The molecule has 0 heterocycles. The molecule has 0 spiro atoms. The van der Waals surface area contributed by atoms with E-state index in [4.69, 9.17) is 0 Å². The average Bonchev–Trinajstić information content (AvgIpc) is 2.39. The Balaban J connectivity index is 2.05. The number of hydrogen-bond acceptors (Lipinski definition) is 1. The quantitative estimate of drug-likeness (QED) is 0.875. The maximum atomic E-state index is 13.2. The molecule has 1 N–H and O–H groups in total. The van der Waals surface area contributed by atoms with Gasteiger partial charge in [-0.15, -0.1) is 0 Å². The van der Waals surface area contributed by atoms with Crippen molar-refractivity contribution in [3.63, 3.8) is 0 Å². The van der Waals surface area contributed by atoms with Gasteiger partial charge in [-0.2, -0.15) is 0 Å². The molecule has 0 saturated heterocycles. The number of aliphatic hydroxyl groups is 1. The second kappa shape index (κ2) is 5.98. The van der Waals surface area contributed by atoms with Crippen molar-refractivity contribution in [3.8, 4) is 0 Å². The Bertz CT molecular complexity index is 563. The molecule has 1 nitrogen and oxygen atoms in total. The molecule has 2 heteroatoms. The zero-order valence-electron chi connectivity index (χ0n) is 11.4. The van der Waals surface area contributed by atoms with Gasteiger partial charge in [-0.25, -0.2) is 4.39 Å². The molecule has 0 fully saturated rings. The third kappa shape index (κ3) is 3.65. The first kappa shape index (κ1) is 13.8. The number of rotatable bonds is 4. The summed E-state index contributed by atoms with van der Waals surface area (Å²) in [7, 11) is 0. The van der Waals surface area contributed by atoms with Crippen molar-refractivity contribution in [2.45, 2.75) is 32.8 Å². The summed E-state index contributed by atoms with van der Waals surface area (Å²) in [6, 6.07) is 12.8. The van der Waals surface area contributed by atoms with Gasteiger partial charge in [0.05, 0.1) is 6.10 Å². The molecule has 0 radical (unpaired) electrons. The third-order valence-corrected chi connectivity index (χ3v) is 3.39. The minimum Gasteiger partial charge on any atom is -0.388 e. The van der Waals surface area contributed by atoms with Gasteiger partial charge in [0.15, 0.2) is 0 Å². The van der Waals surface area contributed by atoms with Crippen LogP contribution in [0.1, 0.15) is 34.8 Å². The van der Waals surface area contributed by atoms with Gasteiger partial charge in [0.1, 0.15) is 5.82 Å². The van der Waals surface area contributed by atoms with E-state index in [0.29, 0.717) is 12.0 Å². The lowest BCUT2D eigenvalue weighted by Gasteiger charge is -2.14. The lowest BCUT2D eigenvalue weighted by molar-refractivity contribution is 0.166. The molecule has 2 aromatic carbocycles.